The Morgan fingerprint density at radius 1 is 1.43 bits per heavy atom. The summed E-state index contributed by atoms with van der Waals surface area (Å²) in [6.07, 6.45) is 0.794. The van der Waals surface area contributed by atoms with E-state index >= 15 is 0 Å². The van der Waals surface area contributed by atoms with E-state index in [4.69, 9.17) is 5.26 Å². The third kappa shape index (κ3) is 3.66. The second-order valence-corrected chi connectivity index (χ2v) is 6.29. The number of piperazine rings is 1. The molecule has 0 aliphatic carbocycles. The molecule has 1 aliphatic rings. The van der Waals surface area contributed by atoms with Gasteiger partial charge in [0.25, 0.3) is 5.91 Å². The van der Waals surface area contributed by atoms with Gasteiger partial charge in [0.15, 0.2) is 0 Å². The number of carbonyl (C=O) groups is 1. The lowest BCUT2D eigenvalue weighted by Gasteiger charge is -2.36. The molecule has 5 nitrogen and oxygen atoms in total. The Hall–Kier alpha value is -1.33. The van der Waals surface area contributed by atoms with Crippen LogP contribution in [0, 0.1) is 14.9 Å². The van der Waals surface area contributed by atoms with Crippen molar-refractivity contribution in [2.45, 2.75) is 19.4 Å². The van der Waals surface area contributed by atoms with Gasteiger partial charge in [-0.05, 0) is 47.2 Å². The minimum atomic E-state index is -0.143. The summed E-state index contributed by atoms with van der Waals surface area (Å²) < 4.78 is 0.919. The first-order valence-electron chi connectivity index (χ1n) is 6.98. The lowest BCUT2D eigenvalue weighted by atomic mass is 10.1. The Morgan fingerprint density at radius 3 is 2.67 bits per heavy atom. The van der Waals surface area contributed by atoms with Crippen molar-refractivity contribution < 1.29 is 9.90 Å². The zero-order valence-corrected chi connectivity index (χ0v) is 14.1. The molecule has 1 atom stereocenters. The quantitative estimate of drug-likeness (QED) is 0.791. The summed E-state index contributed by atoms with van der Waals surface area (Å²) in [5.74, 6) is -0.123. The molecule has 1 saturated heterocycles. The zero-order valence-electron chi connectivity index (χ0n) is 11.9. The van der Waals surface area contributed by atoms with Gasteiger partial charge in [0, 0.05) is 29.7 Å². The Bertz CT molecular complexity index is 563. The number of phenols is 1. The summed E-state index contributed by atoms with van der Waals surface area (Å²) in [6.45, 7) is 4.56. The van der Waals surface area contributed by atoms with Crippen LogP contribution in [-0.2, 0) is 0 Å². The van der Waals surface area contributed by atoms with Crippen molar-refractivity contribution in [3.8, 4) is 11.8 Å². The molecule has 0 aromatic heterocycles. The standard InChI is InChI=1S/C15H18IN3O2/c1-2-12(10-17)18-5-7-19(8-6-18)15(21)13-9-11(16)3-4-14(13)20/h3-4,9,12,20H,2,5-8H2,1H3. The number of amides is 1. The molecule has 1 fully saturated rings. The molecule has 1 amide bonds. The van der Waals surface area contributed by atoms with Crippen LogP contribution in [-0.4, -0.2) is 53.0 Å². The van der Waals surface area contributed by atoms with E-state index in [9.17, 15) is 9.90 Å². The molecular formula is C15H18IN3O2. The maximum absolute atomic E-state index is 12.5. The highest BCUT2D eigenvalue weighted by atomic mass is 127. The van der Waals surface area contributed by atoms with Gasteiger partial charge in [-0.25, -0.2) is 0 Å². The molecular weight excluding hydrogens is 381 g/mol. The van der Waals surface area contributed by atoms with E-state index < -0.39 is 0 Å². The molecule has 0 radical (unpaired) electrons. The van der Waals surface area contributed by atoms with Crippen LogP contribution >= 0.6 is 22.6 Å². The molecule has 1 N–H and O–H groups in total. The molecule has 21 heavy (non-hydrogen) atoms. The Labute approximate surface area is 138 Å². The van der Waals surface area contributed by atoms with Crippen LogP contribution in [0.3, 0.4) is 0 Å². The molecule has 1 aliphatic heterocycles. The fourth-order valence-corrected chi connectivity index (χ4v) is 3.01. The highest BCUT2D eigenvalue weighted by molar-refractivity contribution is 14.1. The fourth-order valence-electron chi connectivity index (χ4n) is 2.52. The molecule has 0 spiro atoms. The van der Waals surface area contributed by atoms with Crippen LogP contribution in [0.5, 0.6) is 5.75 Å². The third-order valence-electron chi connectivity index (χ3n) is 3.77. The van der Waals surface area contributed by atoms with Gasteiger partial charge in [-0.2, -0.15) is 5.26 Å². The summed E-state index contributed by atoms with van der Waals surface area (Å²) in [4.78, 5) is 16.3. The Morgan fingerprint density at radius 2 is 2.10 bits per heavy atom. The highest BCUT2D eigenvalue weighted by Gasteiger charge is 2.26. The number of hydrogen-bond acceptors (Lipinski definition) is 4. The van der Waals surface area contributed by atoms with Crippen molar-refractivity contribution >= 4 is 28.5 Å². The SMILES string of the molecule is CCC(C#N)N1CCN(C(=O)c2cc(I)ccc2O)CC1. The van der Waals surface area contributed by atoms with Gasteiger partial charge in [0.2, 0.25) is 0 Å². The van der Waals surface area contributed by atoms with Crippen LogP contribution in [0.25, 0.3) is 0 Å². The maximum Gasteiger partial charge on any atom is 0.257 e. The Kier molecular flexibility index (Phi) is 5.42. The lowest BCUT2D eigenvalue weighted by Crippen LogP contribution is -2.51. The van der Waals surface area contributed by atoms with E-state index in [1.165, 1.54) is 0 Å². The summed E-state index contributed by atoms with van der Waals surface area (Å²) in [5, 5.41) is 18.9. The molecule has 1 heterocycles. The molecule has 1 aromatic rings. The van der Waals surface area contributed by atoms with E-state index in [2.05, 4.69) is 33.6 Å². The van der Waals surface area contributed by atoms with Crippen molar-refractivity contribution in [1.29, 1.82) is 5.26 Å². The molecule has 0 bridgehead atoms. The van der Waals surface area contributed by atoms with Crippen molar-refractivity contribution in [3.05, 3.63) is 27.3 Å². The first-order chi connectivity index (χ1) is 10.1. The predicted octanol–water partition coefficient (Wildman–Crippen LogP) is 2.06. The molecule has 6 heteroatoms. The normalized spacial score (nSPS) is 17.3. The number of phenolic OH excluding ortho intramolecular Hbond substituents is 1. The predicted molar refractivity (Wildman–Crippen MR) is 88.0 cm³/mol. The second-order valence-electron chi connectivity index (χ2n) is 5.04. The number of hydrogen-bond donors (Lipinski definition) is 1. The van der Waals surface area contributed by atoms with Crippen LogP contribution < -0.4 is 0 Å². The number of aromatic hydroxyl groups is 1. The average Bonchev–Trinajstić information content (AvgIpc) is 2.51. The van der Waals surface area contributed by atoms with Gasteiger partial charge in [-0.15, -0.1) is 0 Å². The number of carbonyl (C=O) groups excluding carboxylic acids is 1. The summed E-state index contributed by atoms with van der Waals surface area (Å²) in [7, 11) is 0. The number of nitriles is 1. The van der Waals surface area contributed by atoms with Gasteiger partial charge in [-0.3, -0.25) is 9.69 Å². The topological polar surface area (TPSA) is 67.6 Å². The van der Waals surface area contributed by atoms with E-state index in [0.29, 0.717) is 31.7 Å². The molecule has 2 rings (SSSR count). The van der Waals surface area contributed by atoms with E-state index in [-0.39, 0.29) is 17.7 Å². The monoisotopic (exact) mass is 399 g/mol. The number of benzene rings is 1. The number of nitrogens with zero attached hydrogens (tertiary/aromatic N) is 3. The van der Waals surface area contributed by atoms with E-state index in [0.717, 1.165) is 9.99 Å². The average molecular weight is 399 g/mol. The molecule has 0 saturated carbocycles. The van der Waals surface area contributed by atoms with Crippen LogP contribution in [0.4, 0.5) is 0 Å². The van der Waals surface area contributed by atoms with Crippen molar-refractivity contribution in [2.75, 3.05) is 26.2 Å². The van der Waals surface area contributed by atoms with Gasteiger partial charge >= 0.3 is 0 Å². The summed E-state index contributed by atoms with van der Waals surface area (Å²) >= 11 is 2.12. The van der Waals surface area contributed by atoms with Crippen LogP contribution in [0.2, 0.25) is 0 Å². The van der Waals surface area contributed by atoms with Gasteiger partial charge in [0.05, 0.1) is 17.7 Å². The highest BCUT2D eigenvalue weighted by Crippen LogP contribution is 2.22. The summed E-state index contributed by atoms with van der Waals surface area (Å²) in [5.41, 5.74) is 0.350. The maximum atomic E-state index is 12.5. The van der Waals surface area contributed by atoms with E-state index in [1.807, 2.05) is 6.92 Å². The third-order valence-corrected chi connectivity index (χ3v) is 4.44. The second kappa shape index (κ2) is 7.09. The lowest BCUT2D eigenvalue weighted by molar-refractivity contribution is 0.0601. The molecule has 1 unspecified atom stereocenters. The minimum Gasteiger partial charge on any atom is -0.507 e. The van der Waals surface area contributed by atoms with Crippen molar-refractivity contribution in [3.63, 3.8) is 0 Å². The van der Waals surface area contributed by atoms with E-state index in [1.54, 1.807) is 23.1 Å². The molecule has 1 aromatic carbocycles. The zero-order chi connectivity index (χ0) is 15.4. The first-order valence-corrected chi connectivity index (χ1v) is 8.06. The van der Waals surface area contributed by atoms with Crippen LogP contribution in [0.15, 0.2) is 18.2 Å². The van der Waals surface area contributed by atoms with Crippen molar-refractivity contribution in [2.24, 2.45) is 0 Å². The molecule has 112 valence electrons. The summed E-state index contributed by atoms with van der Waals surface area (Å²) in [6, 6.07) is 7.24. The number of halogens is 1. The fraction of sp³-hybridized carbons (Fsp3) is 0.467. The smallest absolute Gasteiger partial charge is 0.257 e. The largest absolute Gasteiger partial charge is 0.507 e. The van der Waals surface area contributed by atoms with Crippen molar-refractivity contribution in [1.82, 2.24) is 9.80 Å². The first kappa shape index (κ1) is 16.0. The minimum absolute atomic E-state index is 0.0197. The van der Waals surface area contributed by atoms with Gasteiger partial charge in [-0.1, -0.05) is 6.92 Å². The van der Waals surface area contributed by atoms with Gasteiger partial charge < -0.3 is 10.0 Å². The van der Waals surface area contributed by atoms with Gasteiger partial charge in [0.1, 0.15) is 5.75 Å². The number of rotatable bonds is 3. The Balaban J connectivity index is 2.04. The van der Waals surface area contributed by atoms with Crippen LogP contribution in [0.1, 0.15) is 23.7 Å².